The summed E-state index contributed by atoms with van der Waals surface area (Å²) in [5.74, 6) is -0.283. The van der Waals surface area contributed by atoms with Crippen LogP contribution in [0.2, 0.25) is 0 Å². The summed E-state index contributed by atoms with van der Waals surface area (Å²) in [6, 6.07) is 0. The fourth-order valence-corrected chi connectivity index (χ4v) is 0.759. The van der Waals surface area contributed by atoms with Gasteiger partial charge in [0.2, 0.25) is 0 Å². The first-order valence-corrected chi connectivity index (χ1v) is 4.67. The van der Waals surface area contributed by atoms with Crippen LogP contribution in [0.1, 0.15) is 33.6 Å². The van der Waals surface area contributed by atoms with E-state index in [1.807, 2.05) is 20.8 Å². The highest BCUT2D eigenvalue weighted by Crippen LogP contribution is 2.01. The van der Waals surface area contributed by atoms with E-state index >= 15 is 0 Å². The average Bonchev–Trinajstić information content (AvgIpc) is 2.05. The molecule has 0 radical (unpaired) electrons. The van der Waals surface area contributed by atoms with Crippen molar-refractivity contribution < 1.29 is 19.0 Å². The Hall–Kier alpha value is -0.610. The van der Waals surface area contributed by atoms with Gasteiger partial charge in [-0.2, -0.15) is 0 Å². The van der Waals surface area contributed by atoms with Crippen molar-refractivity contribution in [2.45, 2.75) is 40.1 Å². The second kappa shape index (κ2) is 8.01. The van der Waals surface area contributed by atoms with Gasteiger partial charge in [-0.1, -0.05) is 6.92 Å². The van der Waals surface area contributed by atoms with Gasteiger partial charge in [0.25, 0.3) is 0 Å². The molecule has 0 amide bonds. The zero-order valence-electron chi connectivity index (χ0n) is 8.54. The van der Waals surface area contributed by atoms with Crippen LogP contribution in [0.5, 0.6) is 0 Å². The van der Waals surface area contributed by atoms with Crippen LogP contribution in [0, 0.1) is 0 Å². The monoisotopic (exact) mass is 190 g/mol. The topological polar surface area (TPSA) is 44.8 Å². The summed E-state index contributed by atoms with van der Waals surface area (Å²) >= 11 is 0. The van der Waals surface area contributed by atoms with Crippen molar-refractivity contribution in [2.75, 3.05) is 13.2 Å². The van der Waals surface area contributed by atoms with E-state index in [2.05, 4.69) is 0 Å². The fraction of sp³-hybridized carbons (Fsp3) is 0.889. The summed E-state index contributed by atoms with van der Waals surface area (Å²) in [4.78, 5) is 11.0. The largest absolute Gasteiger partial charge is 0.410 e. The first kappa shape index (κ1) is 12.4. The average molecular weight is 190 g/mol. The maximum Gasteiger partial charge on any atom is 0.318 e. The van der Waals surface area contributed by atoms with Crippen molar-refractivity contribution in [1.82, 2.24) is 0 Å². The van der Waals surface area contributed by atoms with Gasteiger partial charge >= 0.3 is 12.4 Å². The third-order valence-corrected chi connectivity index (χ3v) is 1.29. The van der Waals surface area contributed by atoms with Crippen molar-refractivity contribution >= 4 is 5.97 Å². The molecule has 0 saturated carbocycles. The van der Waals surface area contributed by atoms with Gasteiger partial charge in [-0.3, -0.25) is 4.79 Å². The third kappa shape index (κ3) is 6.54. The maximum absolute atomic E-state index is 11.0. The minimum absolute atomic E-state index is 0.283. The smallest absolute Gasteiger partial charge is 0.318 e. The molecule has 0 bridgehead atoms. The molecule has 4 nitrogen and oxygen atoms in total. The molecular formula is C9H18O4. The Kier molecular flexibility index (Phi) is 7.63. The molecule has 0 aromatic rings. The number of ether oxygens (including phenoxy) is 3. The van der Waals surface area contributed by atoms with E-state index in [-0.39, 0.29) is 5.97 Å². The molecule has 0 N–H and O–H groups in total. The van der Waals surface area contributed by atoms with Crippen LogP contribution < -0.4 is 0 Å². The van der Waals surface area contributed by atoms with E-state index in [9.17, 15) is 4.79 Å². The molecule has 4 heteroatoms. The Bertz CT molecular complexity index is 130. The summed E-state index contributed by atoms with van der Waals surface area (Å²) < 4.78 is 15.0. The van der Waals surface area contributed by atoms with E-state index < -0.39 is 6.48 Å². The second-order valence-electron chi connectivity index (χ2n) is 2.44. The molecule has 0 atom stereocenters. The van der Waals surface area contributed by atoms with E-state index in [1.54, 1.807) is 0 Å². The molecule has 78 valence electrons. The van der Waals surface area contributed by atoms with Gasteiger partial charge in [0.1, 0.15) is 0 Å². The normalized spacial score (nSPS) is 10.5. The Morgan fingerprint density at radius 2 is 1.69 bits per heavy atom. The first-order chi connectivity index (χ1) is 6.24. The van der Waals surface area contributed by atoms with Gasteiger partial charge in [-0.15, -0.1) is 0 Å². The molecule has 0 unspecified atom stereocenters. The zero-order chi connectivity index (χ0) is 10.1. The Morgan fingerprint density at radius 1 is 1.15 bits per heavy atom. The summed E-state index contributed by atoms with van der Waals surface area (Å²) in [7, 11) is 0. The number of esters is 1. The lowest BCUT2D eigenvalue weighted by Gasteiger charge is -2.16. The van der Waals surface area contributed by atoms with Crippen LogP contribution in [0.15, 0.2) is 0 Å². The van der Waals surface area contributed by atoms with E-state index in [0.29, 0.717) is 19.6 Å². The minimum Gasteiger partial charge on any atom is -0.410 e. The molecular weight excluding hydrogens is 172 g/mol. The van der Waals surface area contributed by atoms with Crippen LogP contribution >= 0.6 is 0 Å². The molecule has 0 aromatic heterocycles. The number of rotatable bonds is 7. The third-order valence-electron chi connectivity index (χ3n) is 1.29. The van der Waals surface area contributed by atoms with Gasteiger partial charge < -0.3 is 14.2 Å². The summed E-state index contributed by atoms with van der Waals surface area (Å²) in [5.41, 5.74) is 0. The van der Waals surface area contributed by atoms with Crippen LogP contribution in [0.25, 0.3) is 0 Å². The van der Waals surface area contributed by atoms with Crippen molar-refractivity contribution in [3.63, 3.8) is 0 Å². The lowest BCUT2D eigenvalue weighted by molar-refractivity contribution is -0.272. The molecule has 0 aliphatic rings. The fourth-order valence-electron chi connectivity index (χ4n) is 0.759. The van der Waals surface area contributed by atoms with E-state index in [0.717, 1.165) is 6.42 Å². The van der Waals surface area contributed by atoms with Crippen LogP contribution in [-0.2, 0) is 19.0 Å². The summed E-state index contributed by atoms with van der Waals surface area (Å²) in [6.07, 6.45) is 1.17. The molecule has 0 fully saturated rings. The van der Waals surface area contributed by atoms with Crippen molar-refractivity contribution in [3.8, 4) is 0 Å². The predicted molar refractivity (Wildman–Crippen MR) is 48.0 cm³/mol. The molecule has 0 heterocycles. The van der Waals surface area contributed by atoms with Crippen LogP contribution in [0.4, 0.5) is 0 Å². The van der Waals surface area contributed by atoms with E-state index in [1.165, 1.54) is 0 Å². The molecule has 0 aliphatic carbocycles. The standard InChI is InChI=1S/C9H18O4/c1-4-7-8(10)13-9(11-5-2)12-6-3/h9H,4-7H2,1-3H3. The lowest BCUT2D eigenvalue weighted by Crippen LogP contribution is -2.24. The highest BCUT2D eigenvalue weighted by Gasteiger charge is 2.12. The molecule has 0 aliphatic heterocycles. The number of carbonyl (C=O) groups excluding carboxylic acids is 1. The number of hydrogen-bond donors (Lipinski definition) is 0. The highest BCUT2D eigenvalue weighted by molar-refractivity contribution is 5.69. The van der Waals surface area contributed by atoms with E-state index in [4.69, 9.17) is 14.2 Å². The van der Waals surface area contributed by atoms with Crippen molar-refractivity contribution in [1.29, 1.82) is 0 Å². The van der Waals surface area contributed by atoms with Gasteiger partial charge in [0, 0.05) is 6.42 Å². The summed E-state index contributed by atoms with van der Waals surface area (Å²) in [5, 5.41) is 0. The molecule has 0 rings (SSSR count). The second-order valence-corrected chi connectivity index (χ2v) is 2.44. The van der Waals surface area contributed by atoms with Crippen LogP contribution in [0.3, 0.4) is 0 Å². The first-order valence-electron chi connectivity index (χ1n) is 4.67. The molecule has 13 heavy (non-hydrogen) atoms. The highest BCUT2D eigenvalue weighted by atomic mass is 16.9. The Balaban J connectivity index is 3.71. The molecule has 0 spiro atoms. The number of hydrogen-bond acceptors (Lipinski definition) is 4. The molecule has 0 aromatic carbocycles. The van der Waals surface area contributed by atoms with Gasteiger partial charge in [0.05, 0.1) is 13.2 Å². The van der Waals surface area contributed by atoms with Gasteiger partial charge in [-0.25, -0.2) is 0 Å². The van der Waals surface area contributed by atoms with Gasteiger partial charge in [-0.05, 0) is 20.3 Å². The van der Waals surface area contributed by atoms with Gasteiger partial charge in [0.15, 0.2) is 0 Å². The maximum atomic E-state index is 11.0. The lowest BCUT2D eigenvalue weighted by atomic mass is 10.3. The molecule has 0 saturated heterocycles. The van der Waals surface area contributed by atoms with Crippen molar-refractivity contribution in [2.24, 2.45) is 0 Å². The minimum atomic E-state index is -0.839. The predicted octanol–water partition coefficient (Wildman–Crippen LogP) is 1.69. The number of carbonyl (C=O) groups is 1. The van der Waals surface area contributed by atoms with Crippen LogP contribution in [-0.4, -0.2) is 25.7 Å². The SMILES string of the molecule is CCCC(=O)OC(OCC)OCC. The Labute approximate surface area is 79.2 Å². The van der Waals surface area contributed by atoms with Crippen molar-refractivity contribution in [3.05, 3.63) is 0 Å². The Morgan fingerprint density at radius 3 is 2.08 bits per heavy atom. The zero-order valence-corrected chi connectivity index (χ0v) is 8.54. The summed E-state index contributed by atoms with van der Waals surface area (Å²) in [6.45, 7) is 5.64. The quantitative estimate of drug-likeness (QED) is 0.452.